The topological polar surface area (TPSA) is 87.2 Å². The largest absolute Gasteiger partial charge is 0.299 e. The molecule has 172 valence electrons. The Labute approximate surface area is 198 Å². The maximum absolute atomic E-state index is 12.8. The number of aryl methyl sites for hydroxylation is 2. The van der Waals surface area contributed by atoms with E-state index < -0.39 is 0 Å². The van der Waals surface area contributed by atoms with Crippen LogP contribution in [0, 0.1) is 13.8 Å². The number of quaternary nitrogens is 1. The van der Waals surface area contributed by atoms with Crippen molar-refractivity contribution in [2.24, 2.45) is 20.5 Å². The summed E-state index contributed by atoms with van der Waals surface area (Å²) in [5.74, 6) is 0. The standard InChI is InChI=1S/C26H27N7O/c1-18-16-21(14-15-24(18)29-27-20-10-9-13-23(17-20)33(3,4)5)28-30-25-19(2)31-32(26(25)34)22-11-7-6-8-12-22/h6-17H,1-5H3/p+1. The van der Waals surface area contributed by atoms with Crippen molar-refractivity contribution in [3.05, 3.63) is 94.4 Å². The van der Waals surface area contributed by atoms with Gasteiger partial charge in [0.15, 0.2) is 5.69 Å². The Bertz CT molecular complexity index is 1420. The van der Waals surface area contributed by atoms with Crippen LogP contribution in [0.3, 0.4) is 0 Å². The predicted octanol–water partition coefficient (Wildman–Crippen LogP) is 6.81. The lowest BCUT2D eigenvalue weighted by molar-refractivity contribution is 0.486. The number of para-hydroxylation sites is 1. The molecule has 0 saturated heterocycles. The Morgan fingerprint density at radius 1 is 0.765 bits per heavy atom. The van der Waals surface area contributed by atoms with Crippen LogP contribution in [0.25, 0.3) is 5.69 Å². The monoisotopic (exact) mass is 454 g/mol. The summed E-state index contributed by atoms with van der Waals surface area (Å²) in [6, 6.07) is 22.9. The molecule has 0 aliphatic rings. The zero-order valence-corrected chi connectivity index (χ0v) is 20.0. The van der Waals surface area contributed by atoms with Crippen molar-refractivity contribution in [3.8, 4) is 5.69 Å². The maximum atomic E-state index is 12.8. The van der Waals surface area contributed by atoms with Crippen LogP contribution in [0.2, 0.25) is 0 Å². The second-order valence-electron chi connectivity index (χ2n) is 8.96. The van der Waals surface area contributed by atoms with Crippen LogP contribution in [0.15, 0.2) is 98.0 Å². The lowest BCUT2D eigenvalue weighted by Gasteiger charge is -2.23. The molecule has 0 spiro atoms. The summed E-state index contributed by atoms with van der Waals surface area (Å²) in [6.45, 7) is 3.75. The average molecular weight is 455 g/mol. The van der Waals surface area contributed by atoms with Gasteiger partial charge in [0.05, 0.1) is 49.6 Å². The van der Waals surface area contributed by atoms with Crippen molar-refractivity contribution in [2.75, 3.05) is 21.1 Å². The minimum Gasteiger partial charge on any atom is -0.298 e. The van der Waals surface area contributed by atoms with Gasteiger partial charge in [-0.15, -0.1) is 5.11 Å². The van der Waals surface area contributed by atoms with Gasteiger partial charge in [-0.25, -0.2) is 4.68 Å². The molecule has 34 heavy (non-hydrogen) atoms. The number of nitrogens with zero attached hydrogens (tertiary/aromatic N) is 6. The van der Waals surface area contributed by atoms with E-state index in [1.54, 1.807) is 6.92 Å². The number of aromatic amines is 1. The molecule has 1 heterocycles. The van der Waals surface area contributed by atoms with E-state index in [0.29, 0.717) is 15.9 Å². The van der Waals surface area contributed by atoms with Crippen molar-refractivity contribution >= 4 is 28.4 Å². The van der Waals surface area contributed by atoms with E-state index in [9.17, 15) is 4.79 Å². The molecular weight excluding hydrogens is 426 g/mol. The Morgan fingerprint density at radius 3 is 2.18 bits per heavy atom. The zero-order chi connectivity index (χ0) is 24.3. The molecule has 4 aromatic rings. The number of aromatic nitrogens is 2. The maximum Gasteiger partial charge on any atom is 0.299 e. The van der Waals surface area contributed by atoms with E-state index >= 15 is 0 Å². The molecule has 0 saturated carbocycles. The van der Waals surface area contributed by atoms with E-state index in [1.807, 2.05) is 73.7 Å². The number of benzene rings is 3. The van der Waals surface area contributed by atoms with E-state index in [1.165, 1.54) is 4.68 Å². The molecule has 0 aliphatic carbocycles. The summed E-state index contributed by atoms with van der Waals surface area (Å²) >= 11 is 0. The van der Waals surface area contributed by atoms with Crippen LogP contribution >= 0.6 is 0 Å². The Morgan fingerprint density at radius 2 is 1.47 bits per heavy atom. The zero-order valence-electron chi connectivity index (χ0n) is 20.0. The molecule has 0 unspecified atom stereocenters. The molecule has 0 radical (unpaired) electrons. The smallest absolute Gasteiger partial charge is 0.298 e. The summed E-state index contributed by atoms with van der Waals surface area (Å²) < 4.78 is 2.17. The fourth-order valence-corrected chi connectivity index (χ4v) is 3.42. The highest BCUT2D eigenvalue weighted by molar-refractivity contribution is 5.55. The van der Waals surface area contributed by atoms with Gasteiger partial charge in [-0.1, -0.05) is 24.3 Å². The first kappa shape index (κ1) is 23.0. The first-order valence-corrected chi connectivity index (χ1v) is 11.0. The highest BCUT2D eigenvalue weighted by Gasteiger charge is 2.13. The van der Waals surface area contributed by atoms with Crippen LogP contribution in [-0.4, -0.2) is 30.9 Å². The molecule has 1 N–H and O–H groups in total. The summed E-state index contributed by atoms with van der Waals surface area (Å²) in [6.07, 6.45) is 0. The molecule has 0 amide bonds. The molecule has 8 heteroatoms. The third kappa shape index (κ3) is 5.07. The molecule has 0 bridgehead atoms. The van der Waals surface area contributed by atoms with Gasteiger partial charge < -0.3 is 0 Å². The predicted molar refractivity (Wildman–Crippen MR) is 137 cm³/mol. The summed E-state index contributed by atoms with van der Waals surface area (Å²) in [5, 5.41) is 20.4. The van der Waals surface area contributed by atoms with Crippen LogP contribution in [0.4, 0.5) is 28.4 Å². The van der Waals surface area contributed by atoms with Crippen molar-refractivity contribution in [1.82, 2.24) is 14.3 Å². The lowest BCUT2D eigenvalue weighted by atomic mass is 10.2. The molecule has 0 atom stereocenters. The normalized spacial score (nSPS) is 12.1. The molecular formula is C26H28N7O+. The van der Waals surface area contributed by atoms with E-state index in [-0.39, 0.29) is 11.2 Å². The first-order chi connectivity index (χ1) is 16.2. The summed E-state index contributed by atoms with van der Waals surface area (Å²) in [4.78, 5) is 12.8. The van der Waals surface area contributed by atoms with E-state index in [0.717, 1.165) is 28.3 Å². The second-order valence-corrected chi connectivity index (χ2v) is 8.96. The molecule has 8 nitrogen and oxygen atoms in total. The summed E-state index contributed by atoms with van der Waals surface area (Å²) in [5.41, 5.74) is 5.67. The average Bonchev–Trinajstić information content (AvgIpc) is 3.10. The van der Waals surface area contributed by atoms with Crippen molar-refractivity contribution in [3.63, 3.8) is 0 Å². The quantitative estimate of drug-likeness (QED) is 0.252. The van der Waals surface area contributed by atoms with Crippen LogP contribution < -0.4 is 10.0 Å². The summed E-state index contributed by atoms with van der Waals surface area (Å²) in [7, 11) is 6.33. The highest BCUT2D eigenvalue weighted by Crippen LogP contribution is 2.29. The number of H-pyrrole nitrogens is 1. The molecule has 0 aliphatic heterocycles. The van der Waals surface area contributed by atoms with E-state index in [4.69, 9.17) is 0 Å². The van der Waals surface area contributed by atoms with Gasteiger partial charge in [-0.05, 0) is 61.9 Å². The number of hydrogen-bond acceptors (Lipinski definition) is 5. The second kappa shape index (κ2) is 9.36. The van der Waals surface area contributed by atoms with Crippen LogP contribution in [0.5, 0.6) is 0 Å². The molecule has 4 rings (SSSR count). The minimum absolute atomic E-state index is 0.245. The fourth-order valence-electron chi connectivity index (χ4n) is 3.42. The third-order valence-electron chi connectivity index (χ3n) is 5.38. The fraction of sp³-hybridized carbons (Fsp3) is 0.192. The third-order valence-corrected chi connectivity index (χ3v) is 5.38. The Hall–Kier alpha value is -4.17. The lowest BCUT2D eigenvalue weighted by Crippen LogP contribution is -2.34. The van der Waals surface area contributed by atoms with Gasteiger partial charge >= 0.3 is 0 Å². The number of nitrogens with one attached hydrogen (secondary N) is 1. The van der Waals surface area contributed by atoms with Gasteiger partial charge in [0.2, 0.25) is 0 Å². The van der Waals surface area contributed by atoms with Gasteiger partial charge in [0.25, 0.3) is 5.56 Å². The number of azo groups is 2. The van der Waals surface area contributed by atoms with Gasteiger partial charge in [-0.3, -0.25) is 14.4 Å². The number of rotatable bonds is 6. The van der Waals surface area contributed by atoms with Crippen molar-refractivity contribution in [2.45, 2.75) is 13.8 Å². The van der Waals surface area contributed by atoms with Gasteiger partial charge in [-0.2, -0.15) is 15.3 Å². The molecule has 1 aromatic heterocycles. The molecule has 3 aromatic carbocycles. The van der Waals surface area contributed by atoms with Gasteiger partial charge in [0, 0.05) is 6.07 Å². The van der Waals surface area contributed by atoms with Crippen LogP contribution in [-0.2, 0) is 0 Å². The Balaban J connectivity index is 1.54. The highest BCUT2D eigenvalue weighted by atomic mass is 16.1. The van der Waals surface area contributed by atoms with Crippen molar-refractivity contribution in [1.29, 1.82) is 0 Å². The SMILES string of the molecule is Cc1cc(N=Nc2c(C)[nH]n(-c3ccccc3)c2=O)ccc1N=Nc1cccc([N+](C)(C)C)c1. The van der Waals surface area contributed by atoms with E-state index in [2.05, 4.69) is 52.8 Å². The van der Waals surface area contributed by atoms with Crippen molar-refractivity contribution < 1.29 is 0 Å². The molecule has 0 fully saturated rings. The van der Waals surface area contributed by atoms with Crippen LogP contribution in [0.1, 0.15) is 11.3 Å². The Kier molecular flexibility index (Phi) is 6.34. The number of hydrogen-bond donors (Lipinski definition) is 1. The first-order valence-electron chi connectivity index (χ1n) is 11.0. The minimum atomic E-state index is -0.245. The van der Waals surface area contributed by atoms with Gasteiger partial charge in [0.1, 0.15) is 5.69 Å².